The normalized spacial score (nSPS) is 15.8. The predicted molar refractivity (Wildman–Crippen MR) is 92.9 cm³/mol. The zero-order valence-electron chi connectivity index (χ0n) is 14.4. The van der Waals surface area contributed by atoms with Crippen molar-refractivity contribution >= 4 is 28.3 Å². The summed E-state index contributed by atoms with van der Waals surface area (Å²) in [7, 11) is 3.95. The number of rotatable bonds is 7. The Bertz CT molecular complexity index is 570. The fourth-order valence-corrected chi connectivity index (χ4v) is 3.78. The number of carbonyl (C=O) groups is 2. The van der Waals surface area contributed by atoms with Crippen LogP contribution >= 0.6 is 11.3 Å². The lowest BCUT2D eigenvalue weighted by molar-refractivity contribution is -0.137. The van der Waals surface area contributed by atoms with Crippen LogP contribution in [0.2, 0.25) is 0 Å². The molecule has 1 atom stereocenters. The van der Waals surface area contributed by atoms with E-state index in [1.807, 2.05) is 32.8 Å². The van der Waals surface area contributed by atoms with Gasteiger partial charge in [-0.15, -0.1) is 11.3 Å². The summed E-state index contributed by atoms with van der Waals surface area (Å²) in [6.07, 6.45) is 2.85. The molecule has 0 aliphatic carbocycles. The molecule has 0 bridgehead atoms. The molecule has 1 saturated heterocycles. The third-order valence-corrected chi connectivity index (χ3v) is 5.48. The van der Waals surface area contributed by atoms with Crippen LogP contribution in [-0.2, 0) is 16.0 Å². The molecule has 23 heavy (non-hydrogen) atoms. The van der Waals surface area contributed by atoms with Gasteiger partial charge < -0.3 is 15.1 Å². The molecule has 7 heteroatoms. The van der Waals surface area contributed by atoms with E-state index in [2.05, 4.69) is 10.3 Å². The number of aromatic nitrogens is 1. The molecule has 2 rings (SSSR count). The average molecular weight is 338 g/mol. The molecule has 1 unspecified atom stereocenters. The predicted octanol–water partition coefficient (Wildman–Crippen LogP) is 1.58. The van der Waals surface area contributed by atoms with Crippen molar-refractivity contribution < 1.29 is 9.59 Å². The first kappa shape index (κ1) is 17.7. The van der Waals surface area contributed by atoms with Crippen LogP contribution in [0.4, 0.5) is 5.13 Å². The number of nitrogens with one attached hydrogen (secondary N) is 1. The van der Waals surface area contributed by atoms with Crippen LogP contribution in [0.3, 0.4) is 0 Å². The zero-order chi connectivity index (χ0) is 17.0. The minimum absolute atomic E-state index is 0.0437. The molecule has 1 aliphatic rings. The summed E-state index contributed by atoms with van der Waals surface area (Å²) in [6, 6.07) is -0.329. The molecule has 1 fully saturated rings. The minimum Gasteiger partial charge on any atom is -0.354 e. The number of hydrogen-bond acceptors (Lipinski definition) is 5. The lowest BCUT2D eigenvalue weighted by atomic mass is 10.2. The number of anilines is 1. The Labute approximate surface area is 141 Å². The second kappa shape index (κ2) is 7.77. The van der Waals surface area contributed by atoms with Gasteiger partial charge >= 0.3 is 0 Å². The quantitative estimate of drug-likeness (QED) is 0.820. The Morgan fingerprint density at radius 2 is 2.22 bits per heavy atom. The van der Waals surface area contributed by atoms with Crippen molar-refractivity contribution in [1.29, 1.82) is 0 Å². The molecule has 1 aromatic heterocycles. The van der Waals surface area contributed by atoms with Crippen LogP contribution in [-0.4, -0.2) is 54.9 Å². The van der Waals surface area contributed by atoms with Crippen molar-refractivity contribution in [2.24, 2.45) is 0 Å². The van der Waals surface area contributed by atoms with Gasteiger partial charge in [0.25, 0.3) is 0 Å². The van der Waals surface area contributed by atoms with Crippen LogP contribution in [0.5, 0.6) is 0 Å². The molecular weight excluding hydrogens is 312 g/mol. The first-order chi connectivity index (χ1) is 10.9. The summed E-state index contributed by atoms with van der Waals surface area (Å²) >= 11 is 1.66. The van der Waals surface area contributed by atoms with Crippen molar-refractivity contribution in [3.63, 3.8) is 0 Å². The molecule has 2 amide bonds. The molecule has 128 valence electrons. The van der Waals surface area contributed by atoms with Crippen molar-refractivity contribution in [2.75, 3.05) is 32.1 Å². The van der Waals surface area contributed by atoms with Crippen molar-refractivity contribution in [2.45, 2.75) is 45.6 Å². The smallest absolute Gasteiger partial charge is 0.242 e. The van der Waals surface area contributed by atoms with Gasteiger partial charge in [0.05, 0.1) is 5.69 Å². The largest absolute Gasteiger partial charge is 0.354 e. The maximum atomic E-state index is 12.4. The summed E-state index contributed by atoms with van der Waals surface area (Å²) in [5, 5.41) is 3.96. The molecule has 1 N–H and O–H groups in total. The monoisotopic (exact) mass is 338 g/mol. The Hall–Kier alpha value is -1.63. The van der Waals surface area contributed by atoms with Crippen molar-refractivity contribution in [3.8, 4) is 0 Å². The van der Waals surface area contributed by atoms with E-state index in [1.54, 1.807) is 16.2 Å². The third kappa shape index (κ3) is 4.22. The van der Waals surface area contributed by atoms with E-state index < -0.39 is 0 Å². The standard InChI is InChI=1S/C16H26N4O2S/c1-5-12(20-10-6-7-14(20)21)15(22)17-9-8-13-11(2)18-16(23-13)19(3)4/h12H,5-10H2,1-4H3,(H,17,22). The Kier molecular flexibility index (Phi) is 5.98. The van der Waals surface area contributed by atoms with E-state index in [0.29, 0.717) is 25.9 Å². The van der Waals surface area contributed by atoms with Crippen LogP contribution < -0.4 is 10.2 Å². The number of nitrogens with zero attached hydrogens (tertiary/aromatic N) is 3. The Morgan fingerprint density at radius 3 is 2.74 bits per heavy atom. The SMILES string of the molecule is CCC(C(=O)NCCc1sc(N(C)C)nc1C)N1CCCC1=O. The van der Waals surface area contributed by atoms with Crippen LogP contribution in [0.1, 0.15) is 36.8 Å². The van der Waals surface area contributed by atoms with Crippen molar-refractivity contribution in [1.82, 2.24) is 15.2 Å². The second-order valence-electron chi connectivity index (χ2n) is 6.06. The lowest BCUT2D eigenvalue weighted by Crippen LogP contribution is -2.47. The molecule has 1 aliphatic heterocycles. The molecular formula is C16H26N4O2S. The minimum atomic E-state index is -0.329. The third-order valence-electron chi connectivity index (χ3n) is 4.09. The van der Waals surface area contributed by atoms with E-state index in [4.69, 9.17) is 0 Å². The molecule has 6 nitrogen and oxygen atoms in total. The summed E-state index contributed by atoms with van der Waals surface area (Å²) in [6.45, 7) is 5.23. The first-order valence-electron chi connectivity index (χ1n) is 8.14. The molecule has 0 radical (unpaired) electrons. The van der Waals surface area contributed by atoms with E-state index >= 15 is 0 Å². The number of carbonyl (C=O) groups excluding carboxylic acids is 2. The zero-order valence-corrected chi connectivity index (χ0v) is 15.2. The molecule has 0 aromatic carbocycles. The highest BCUT2D eigenvalue weighted by Gasteiger charge is 2.31. The number of amides is 2. The fraction of sp³-hybridized carbons (Fsp3) is 0.688. The average Bonchev–Trinajstić information content (AvgIpc) is 3.07. The van der Waals surface area contributed by atoms with Gasteiger partial charge in [-0.2, -0.15) is 0 Å². The van der Waals surface area contributed by atoms with Gasteiger partial charge in [-0.3, -0.25) is 9.59 Å². The van der Waals surface area contributed by atoms with E-state index in [1.165, 1.54) is 4.88 Å². The summed E-state index contributed by atoms with van der Waals surface area (Å²) in [5.41, 5.74) is 1.02. The van der Waals surface area contributed by atoms with Crippen molar-refractivity contribution in [3.05, 3.63) is 10.6 Å². The maximum Gasteiger partial charge on any atom is 0.242 e. The van der Waals surface area contributed by atoms with E-state index in [9.17, 15) is 9.59 Å². The second-order valence-corrected chi connectivity index (χ2v) is 7.12. The van der Waals surface area contributed by atoms with Gasteiger partial charge in [0.15, 0.2) is 5.13 Å². The summed E-state index contributed by atoms with van der Waals surface area (Å²) in [5.74, 6) is 0.0543. The van der Waals surface area contributed by atoms with E-state index in [-0.39, 0.29) is 17.9 Å². The lowest BCUT2D eigenvalue weighted by Gasteiger charge is -2.25. The van der Waals surface area contributed by atoms with Gasteiger partial charge in [-0.05, 0) is 19.8 Å². The molecule has 0 saturated carbocycles. The van der Waals surface area contributed by atoms with Gasteiger partial charge in [-0.25, -0.2) is 4.98 Å². The molecule has 1 aromatic rings. The number of thiazole rings is 1. The highest BCUT2D eigenvalue weighted by Crippen LogP contribution is 2.24. The number of aryl methyl sites for hydroxylation is 1. The number of hydrogen-bond donors (Lipinski definition) is 1. The van der Waals surface area contributed by atoms with Gasteiger partial charge in [-0.1, -0.05) is 6.92 Å². The Morgan fingerprint density at radius 1 is 1.48 bits per heavy atom. The Balaban J connectivity index is 1.87. The highest BCUT2D eigenvalue weighted by atomic mass is 32.1. The van der Waals surface area contributed by atoms with Crippen LogP contribution in [0.15, 0.2) is 0 Å². The van der Waals surface area contributed by atoms with Crippen LogP contribution in [0, 0.1) is 6.92 Å². The van der Waals surface area contributed by atoms with Gasteiger partial charge in [0.2, 0.25) is 11.8 Å². The summed E-state index contributed by atoms with van der Waals surface area (Å²) < 4.78 is 0. The fourth-order valence-electron chi connectivity index (χ4n) is 2.80. The van der Waals surface area contributed by atoms with E-state index in [0.717, 1.165) is 23.7 Å². The molecule has 2 heterocycles. The first-order valence-corrected chi connectivity index (χ1v) is 8.96. The molecule has 0 spiro atoms. The maximum absolute atomic E-state index is 12.4. The highest BCUT2D eigenvalue weighted by molar-refractivity contribution is 7.15. The topological polar surface area (TPSA) is 65.5 Å². The summed E-state index contributed by atoms with van der Waals surface area (Å²) in [4.78, 5) is 33.6. The van der Waals surface area contributed by atoms with Crippen LogP contribution in [0.25, 0.3) is 0 Å². The van der Waals surface area contributed by atoms with Gasteiger partial charge in [0.1, 0.15) is 6.04 Å². The number of likely N-dealkylation sites (tertiary alicyclic amines) is 1. The van der Waals surface area contributed by atoms with Gasteiger partial charge in [0, 0.05) is 44.9 Å².